The van der Waals surface area contributed by atoms with Gasteiger partial charge in [0.1, 0.15) is 5.75 Å². The molecular weight excluding hydrogens is 242 g/mol. The van der Waals surface area contributed by atoms with Crippen LogP contribution in [0, 0.1) is 0 Å². The fourth-order valence-electron chi connectivity index (χ4n) is 2.07. The summed E-state index contributed by atoms with van der Waals surface area (Å²) in [4.78, 5) is 12.9. The first-order valence-corrected chi connectivity index (χ1v) is 6.86. The van der Waals surface area contributed by atoms with Crippen molar-refractivity contribution in [3.8, 4) is 5.75 Å². The van der Waals surface area contributed by atoms with Crippen molar-refractivity contribution in [2.75, 3.05) is 13.2 Å². The Bertz CT molecular complexity index is 412. The summed E-state index contributed by atoms with van der Waals surface area (Å²) in [6.45, 7) is 3.63. The summed E-state index contributed by atoms with van der Waals surface area (Å²) in [5.41, 5.74) is 1.14. The third-order valence-corrected chi connectivity index (χ3v) is 3.18. The molecule has 0 atom stereocenters. The van der Waals surface area contributed by atoms with Gasteiger partial charge in [0, 0.05) is 12.6 Å². The number of carboxylic acid groups (broad SMARTS) is 1. The lowest BCUT2D eigenvalue weighted by atomic mass is 10.2. The summed E-state index contributed by atoms with van der Waals surface area (Å²) in [7, 11) is 0. The summed E-state index contributed by atoms with van der Waals surface area (Å²) in [5.74, 6) is 0.122. The van der Waals surface area contributed by atoms with Gasteiger partial charge in [0.05, 0.1) is 13.2 Å². The van der Waals surface area contributed by atoms with Gasteiger partial charge in [0.15, 0.2) is 0 Å². The molecule has 0 aromatic heterocycles. The second-order valence-corrected chi connectivity index (χ2v) is 5.02. The van der Waals surface area contributed by atoms with Crippen molar-refractivity contribution in [3.05, 3.63) is 29.8 Å². The van der Waals surface area contributed by atoms with E-state index in [4.69, 9.17) is 9.84 Å². The van der Waals surface area contributed by atoms with E-state index < -0.39 is 5.97 Å². The van der Waals surface area contributed by atoms with E-state index in [-0.39, 0.29) is 6.54 Å². The van der Waals surface area contributed by atoms with Gasteiger partial charge in [0.2, 0.25) is 0 Å². The van der Waals surface area contributed by atoms with Crippen LogP contribution < -0.4 is 4.74 Å². The van der Waals surface area contributed by atoms with Gasteiger partial charge < -0.3 is 9.84 Å². The number of carbonyl (C=O) groups is 1. The molecule has 1 fully saturated rings. The van der Waals surface area contributed by atoms with Crippen molar-refractivity contribution in [2.45, 2.75) is 38.8 Å². The minimum absolute atomic E-state index is 0.124. The molecule has 1 aliphatic rings. The van der Waals surface area contributed by atoms with Gasteiger partial charge in [-0.25, -0.2) is 0 Å². The van der Waals surface area contributed by atoms with Gasteiger partial charge in [-0.05, 0) is 37.0 Å². The number of nitrogens with zero attached hydrogens (tertiary/aromatic N) is 1. The Morgan fingerprint density at radius 3 is 2.58 bits per heavy atom. The van der Waals surface area contributed by atoms with E-state index in [1.807, 2.05) is 29.2 Å². The van der Waals surface area contributed by atoms with Crippen molar-refractivity contribution in [2.24, 2.45) is 0 Å². The summed E-state index contributed by atoms with van der Waals surface area (Å²) in [6.07, 6.45) is 3.23. The van der Waals surface area contributed by atoms with E-state index in [0.717, 1.165) is 37.2 Å². The zero-order valence-electron chi connectivity index (χ0n) is 11.3. The Morgan fingerprint density at radius 1 is 1.37 bits per heavy atom. The smallest absolute Gasteiger partial charge is 0.317 e. The number of ether oxygens (including phenoxy) is 1. The fraction of sp³-hybridized carbons (Fsp3) is 0.533. The third-order valence-electron chi connectivity index (χ3n) is 3.18. The Balaban J connectivity index is 1.91. The quantitative estimate of drug-likeness (QED) is 0.783. The lowest BCUT2D eigenvalue weighted by molar-refractivity contribution is -0.138. The molecule has 2 rings (SSSR count). The number of hydrogen-bond acceptors (Lipinski definition) is 3. The minimum atomic E-state index is -0.755. The van der Waals surface area contributed by atoms with Gasteiger partial charge in [-0.3, -0.25) is 9.69 Å². The van der Waals surface area contributed by atoms with Gasteiger partial charge in [-0.15, -0.1) is 0 Å². The van der Waals surface area contributed by atoms with Crippen molar-refractivity contribution in [1.82, 2.24) is 4.90 Å². The van der Waals surface area contributed by atoms with Crippen molar-refractivity contribution < 1.29 is 14.6 Å². The zero-order chi connectivity index (χ0) is 13.7. The molecule has 0 heterocycles. The van der Waals surface area contributed by atoms with E-state index in [1.54, 1.807) is 0 Å². The van der Waals surface area contributed by atoms with Gasteiger partial charge in [-0.1, -0.05) is 19.1 Å². The molecule has 1 saturated carbocycles. The van der Waals surface area contributed by atoms with Crippen molar-refractivity contribution in [3.63, 3.8) is 0 Å². The highest BCUT2D eigenvalue weighted by Crippen LogP contribution is 2.28. The molecule has 1 aromatic carbocycles. The molecule has 1 aliphatic carbocycles. The molecule has 0 spiro atoms. The Labute approximate surface area is 114 Å². The van der Waals surface area contributed by atoms with Crippen LogP contribution >= 0.6 is 0 Å². The molecule has 4 heteroatoms. The zero-order valence-corrected chi connectivity index (χ0v) is 11.3. The van der Waals surface area contributed by atoms with Crippen LogP contribution in [0.2, 0.25) is 0 Å². The van der Waals surface area contributed by atoms with Gasteiger partial charge in [0.25, 0.3) is 0 Å². The summed E-state index contributed by atoms with van der Waals surface area (Å²) < 4.78 is 5.53. The number of hydrogen-bond donors (Lipinski definition) is 1. The van der Waals surface area contributed by atoms with Gasteiger partial charge >= 0.3 is 5.97 Å². The van der Waals surface area contributed by atoms with E-state index >= 15 is 0 Å². The molecule has 1 aromatic rings. The average molecular weight is 263 g/mol. The van der Waals surface area contributed by atoms with Gasteiger partial charge in [-0.2, -0.15) is 0 Å². The molecule has 0 radical (unpaired) electrons. The van der Waals surface area contributed by atoms with Crippen LogP contribution in [0.15, 0.2) is 24.3 Å². The predicted molar refractivity (Wildman–Crippen MR) is 73.3 cm³/mol. The number of aliphatic carboxylic acids is 1. The molecule has 0 amide bonds. The highest BCUT2D eigenvalue weighted by Gasteiger charge is 2.30. The van der Waals surface area contributed by atoms with Crippen molar-refractivity contribution >= 4 is 5.97 Å². The topological polar surface area (TPSA) is 49.8 Å². The average Bonchev–Trinajstić information content (AvgIpc) is 3.21. The summed E-state index contributed by atoms with van der Waals surface area (Å²) in [6, 6.07) is 8.39. The van der Waals surface area contributed by atoms with E-state index in [1.165, 1.54) is 0 Å². The molecule has 0 unspecified atom stereocenters. The highest BCUT2D eigenvalue weighted by atomic mass is 16.5. The molecule has 104 valence electrons. The van der Waals surface area contributed by atoms with E-state index in [9.17, 15) is 4.79 Å². The van der Waals surface area contributed by atoms with Crippen LogP contribution in [0.4, 0.5) is 0 Å². The lowest BCUT2D eigenvalue weighted by Gasteiger charge is -2.19. The Hall–Kier alpha value is -1.55. The third kappa shape index (κ3) is 4.56. The van der Waals surface area contributed by atoms with Crippen molar-refractivity contribution in [1.29, 1.82) is 0 Å². The lowest BCUT2D eigenvalue weighted by Crippen LogP contribution is -2.31. The summed E-state index contributed by atoms with van der Waals surface area (Å²) in [5, 5.41) is 8.92. The summed E-state index contributed by atoms with van der Waals surface area (Å²) >= 11 is 0. The van der Waals surface area contributed by atoms with E-state index in [0.29, 0.717) is 12.6 Å². The van der Waals surface area contributed by atoms with Crippen LogP contribution in [-0.2, 0) is 11.3 Å². The number of rotatable bonds is 8. The second kappa shape index (κ2) is 6.57. The Kier molecular flexibility index (Phi) is 4.80. The second-order valence-electron chi connectivity index (χ2n) is 5.02. The maximum atomic E-state index is 10.8. The molecule has 1 N–H and O–H groups in total. The standard InChI is InChI=1S/C15H21NO3/c1-2-9-19-14-7-3-12(4-8-14)10-16(11-15(17)18)13-5-6-13/h3-4,7-8,13H,2,5-6,9-11H2,1H3,(H,17,18). The molecule has 4 nitrogen and oxygen atoms in total. The molecule has 19 heavy (non-hydrogen) atoms. The molecule has 0 aliphatic heterocycles. The largest absolute Gasteiger partial charge is 0.494 e. The SMILES string of the molecule is CCCOc1ccc(CN(CC(=O)O)C2CC2)cc1. The number of benzene rings is 1. The molecule has 0 bridgehead atoms. The van der Waals surface area contributed by atoms with Crippen LogP contribution in [0.25, 0.3) is 0 Å². The van der Waals surface area contributed by atoms with Crippen LogP contribution in [-0.4, -0.2) is 35.2 Å². The first-order valence-electron chi connectivity index (χ1n) is 6.86. The highest BCUT2D eigenvalue weighted by molar-refractivity contribution is 5.69. The first kappa shape index (κ1) is 13.9. The maximum Gasteiger partial charge on any atom is 0.317 e. The molecular formula is C15H21NO3. The van der Waals surface area contributed by atoms with Crippen LogP contribution in [0.3, 0.4) is 0 Å². The fourth-order valence-corrected chi connectivity index (χ4v) is 2.07. The first-order chi connectivity index (χ1) is 9.19. The minimum Gasteiger partial charge on any atom is -0.494 e. The van der Waals surface area contributed by atoms with Crippen LogP contribution in [0.1, 0.15) is 31.7 Å². The number of carboxylic acids is 1. The van der Waals surface area contributed by atoms with E-state index in [2.05, 4.69) is 6.92 Å². The maximum absolute atomic E-state index is 10.8. The molecule has 0 saturated heterocycles. The normalized spacial score (nSPS) is 14.6. The van der Waals surface area contributed by atoms with Crippen LogP contribution in [0.5, 0.6) is 5.75 Å². The predicted octanol–water partition coefficient (Wildman–Crippen LogP) is 2.52. The monoisotopic (exact) mass is 263 g/mol. The Morgan fingerprint density at radius 2 is 2.05 bits per heavy atom.